The minimum atomic E-state index is -0.867. The maximum absolute atomic E-state index is 12.0. The lowest BCUT2D eigenvalue weighted by Crippen LogP contribution is -2.46. The number of carbonyl (C=O) groups excluding carboxylic acids is 1. The fraction of sp³-hybridized carbons (Fsp3) is 0.533. The largest absolute Gasteiger partial charge is 0.475 e. The Bertz CT molecular complexity index is 467. The van der Waals surface area contributed by atoms with Gasteiger partial charge in [0.25, 0.3) is 0 Å². The van der Waals surface area contributed by atoms with Gasteiger partial charge in [0.2, 0.25) is 5.60 Å². The van der Waals surface area contributed by atoms with Gasteiger partial charge in [-0.05, 0) is 37.8 Å². The van der Waals surface area contributed by atoms with Crippen molar-refractivity contribution < 1.29 is 14.3 Å². The number of hydrogen-bond donors (Lipinski definition) is 0. The molecule has 1 heterocycles. The van der Waals surface area contributed by atoms with Crippen LogP contribution in [0.25, 0.3) is 0 Å². The van der Waals surface area contributed by atoms with Gasteiger partial charge in [0, 0.05) is 6.42 Å². The smallest absolute Gasteiger partial charge is 0.350 e. The van der Waals surface area contributed by atoms with Crippen LogP contribution in [0.2, 0.25) is 0 Å². The lowest BCUT2D eigenvalue weighted by molar-refractivity contribution is -0.162. The van der Waals surface area contributed by atoms with E-state index in [1.54, 1.807) is 0 Å². The Hall–Kier alpha value is -1.51. The van der Waals surface area contributed by atoms with Crippen LogP contribution in [-0.4, -0.2) is 18.2 Å². The maximum Gasteiger partial charge on any atom is 0.350 e. The number of carbonyl (C=O) groups is 1. The van der Waals surface area contributed by atoms with Crippen LogP contribution in [0.15, 0.2) is 18.2 Å². The van der Waals surface area contributed by atoms with Gasteiger partial charge in [0.15, 0.2) is 0 Å². The molecule has 1 aromatic rings. The van der Waals surface area contributed by atoms with Gasteiger partial charge in [-0.2, -0.15) is 0 Å². The zero-order chi connectivity index (χ0) is 13.3. The van der Waals surface area contributed by atoms with Crippen LogP contribution >= 0.6 is 0 Å². The molecule has 0 saturated carbocycles. The second-order valence-corrected chi connectivity index (χ2v) is 5.15. The Kier molecular flexibility index (Phi) is 3.33. The van der Waals surface area contributed by atoms with Crippen LogP contribution in [0.4, 0.5) is 0 Å². The molecule has 2 unspecified atom stereocenters. The number of benzene rings is 1. The Balaban J connectivity index is 2.37. The number of para-hydroxylation sites is 1. The van der Waals surface area contributed by atoms with Crippen LogP contribution in [0.5, 0.6) is 5.75 Å². The summed E-state index contributed by atoms with van der Waals surface area (Å²) in [6, 6.07) is 6.10. The third-order valence-electron chi connectivity index (χ3n) is 3.50. The zero-order valence-corrected chi connectivity index (χ0v) is 11.4. The maximum atomic E-state index is 12.0. The van der Waals surface area contributed by atoms with Crippen molar-refractivity contribution in [2.24, 2.45) is 0 Å². The monoisotopic (exact) mass is 248 g/mol. The molecule has 0 saturated heterocycles. The van der Waals surface area contributed by atoms with Crippen LogP contribution in [-0.2, 0) is 9.53 Å². The minimum absolute atomic E-state index is 0.272. The lowest BCUT2D eigenvalue weighted by Gasteiger charge is -2.37. The van der Waals surface area contributed by atoms with Gasteiger partial charge in [-0.15, -0.1) is 0 Å². The van der Waals surface area contributed by atoms with Gasteiger partial charge in [-0.3, -0.25) is 0 Å². The van der Waals surface area contributed by atoms with Crippen molar-refractivity contribution in [3.63, 3.8) is 0 Å². The highest BCUT2D eigenvalue weighted by molar-refractivity contribution is 5.80. The van der Waals surface area contributed by atoms with Gasteiger partial charge < -0.3 is 9.47 Å². The molecular weight excluding hydrogens is 228 g/mol. The third-order valence-corrected chi connectivity index (χ3v) is 3.50. The number of hydrogen-bond acceptors (Lipinski definition) is 3. The molecule has 3 nitrogen and oxygen atoms in total. The highest BCUT2D eigenvalue weighted by Crippen LogP contribution is 2.42. The van der Waals surface area contributed by atoms with Crippen molar-refractivity contribution in [2.45, 2.75) is 45.6 Å². The summed E-state index contributed by atoms with van der Waals surface area (Å²) in [4.78, 5) is 12.0. The first-order valence-electron chi connectivity index (χ1n) is 6.43. The summed E-state index contributed by atoms with van der Waals surface area (Å²) in [5.41, 5.74) is 1.38. The summed E-state index contributed by atoms with van der Waals surface area (Å²) in [7, 11) is 0. The van der Waals surface area contributed by atoms with E-state index in [-0.39, 0.29) is 5.97 Å². The fourth-order valence-corrected chi connectivity index (χ4v) is 2.57. The van der Waals surface area contributed by atoms with Crippen molar-refractivity contribution in [1.82, 2.24) is 0 Å². The molecule has 2 atom stereocenters. The molecule has 98 valence electrons. The molecule has 18 heavy (non-hydrogen) atoms. The second-order valence-electron chi connectivity index (χ2n) is 5.15. The molecule has 1 aliphatic rings. The molecule has 0 amide bonds. The van der Waals surface area contributed by atoms with E-state index in [2.05, 4.69) is 13.0 Å². The molecule has 0 aliphatic carbocycles. The standard InChI is InChI=1S/C15H20O3/c1-5-17-14(16)15(4)9-11(3)12-8-6-7-10(2)13(12)18-15/h6-8,11H,5,9H2,1-4H3. The van der Waals surface area contributed by atoms with E-state index in [0.717, 1.165) is 11.3 Å². The molecule has 0 radical (unpaired) electrons. The molecular formula is C15H20O3. The highest BCUT2D eigenvalue weighted by atomic mass is 16.6. The Labute approximate surface area is 108 Å². The summed E-state index contributed by atoms with van der Waals surface area (Å²) < 4.78 is 11.1. The van der Waals surface area contributed by atoms with Crippen molar-refractivity contribution in [3.05, 3.63) is 29.3 Å². The quantitative estimate of drug-likeness (QED) is 0.754. The van der Waals surface area contributed by atoms with Crippen LogP contribution in [0, 0.1) is 6.92 Å². The number of ether oxygens (including phenoxy) is 2. The topological polar surface area (TPSA) is 35.5 Å². The molecule has 0 aromatic heterocycles. The van der Waals surface area contributed by atoms with E-state index in [9.17, 15) is 4.79 Å². The zero-order valence-electron chi connectivity index (χ0n) is 11.4. The summed E-state index contributed by atoms with van der Waals surface area (Å²) >= 11 is 0. The van der Waals surface area contributed by atoms with E-state index in [1.807, 2.05) is 32.9 Å². The Morgan fingerprint density at radius 2 is 2.28 bits per heavy atom. The highest BCUT2D eigenvalue weighted by Gasteiger charge is 2.43. The molecule has 0 fully saturated rings. The van der Waals surface area contributed by atoms with Crippen molar-refractivity contribution >= 4 is 5.97 Å². The van der Waals surface area contributed by atoms with Gasteiger partial charge in [0.1, 0.15) is 5.75 Å². The minimum Gasteiger partial charge on any atom is -0.475 e. The Morgan fingerprint density at radius 1 is 1.56 bits per heavy atom. The molecule has 1 aromatic carbocycles. The van der Waals surface area contributed by atoms with E-state index in [1.165, 1.54) is 5.56 Å². The average Bonchev–Trinajstić information content (AvgIpc) is 2.31. The lowest BCUT2D eigenvalue weighted by atomic mass is 9.84. The molecule has 1 aliphatic heterocycles. The van der Waals surface area contributed by atoms with Crippen LogP contribution in [0.1, 0.15) is 44.2 Å². The summed E-state index contributed by atoms with van der Waals surface area (Å²) in [5, 5.41) is 0. The number of fused-ring (bicyclic) bond motifs is 1. The van der Waals surface area contributed by atoms with Crippen molar-refractivity contribution in [1.29, 1.82) is 0 Å². The number of aryl methyl sites for hydroxylation is 1. The van der Waals surface area contributed by atoms with Crippen molar-refractivity contribution in [3.8, 4) is 5.75 Å². The summed E-state index contributed by atoms with van der Waals surface area (Å²) in [6.45, 7) is 8.14. The Morgan fingerprint density at radius 3 is 2.94 bits per heavy atom. The van der Waals surface area contributed by atoms with Crippen LogP contribution < -0.4 is 4.74 Å². The SMILES string of the molecule is CCOC(=O)C1(C)CC(C)c2cccc(C)c2O1. The fourth-order valence-electron chi connectivity index (χ4n) is 2.57. The first kappa shape index (κ1) is 12.9. The van der Waals surface area contributed by atoms with E-state index in [0.29, 0.717) is 18.9 Å². The first-order valence-corrected chi connectivity index (χ1v) is 6.43. The van der Waals surface area contributed by atoms with E-state index < -0.39 is 5.60 Å². The first-order chi connectivity index (χ1) is 8.48. The van der Waals surface area contributed by atoms with Crippen molar-refractivity contribution in [2.75, 3.05) is 6.61 Å². The molecule has 0 spiro atoms. The second kappa shape index (κ2) is 4.63. The number of rotatable bonds is 2. The molecule has 2 rings (SSSR count). The van der Waals surface area contributed by atoms with Gasteiger partial charge >= 0.3 is 5.97 Å². The molecule has 0 N–H and O–H groups in total. The van der Waals surface area contributed by atoms with E-state index in [4.69, 9.17) is 9.47 Å². The van der Waals surface area contributed by atoms with Gasteiger partial charge in [-0.1, -0.05) is 25.1 Å². The predicted molar refractivity (Wildman–Crippen MR) is 69.9 cm³/mol. The summed E-state index contributed by atoms with van der Waals surface area (Å²) in [5.74, 6) is 0.862. The van der Waals surface area contributed by atoms with Gasteiger partial charge in [-0.25, -0.2) is 4.79 Å². The molecule has 0 bridgehead atoms. The normalized spacial score (nSPS) is 26.1. The average molecular weight is 248 g/mol. The third kappa shape index (κ3) is 2.09. The van der Waals surface area contributed by atoms with E-state index >= 15 is 0 Å². The molecule has 3 heteroatoms. The predicted octanol–water partition coefficient (Wildman–Crippen LogP) is 3.20. The number of esters is 1. The van der Waals surface area contributed by atoms with Crippen LogP contribution in [0.3, 0.4) is 0 Å². The summed E-state index contributed by atoms with van der Waals surface area (Å²) in [6.07, 6.45) is 0.655. The van der Waals surface area contributed by atoms with Gasteiger partial charge in [0.05, 0.1) is 6.61 Å².